The number of rotatable bonds is 0. The lowest BCUT2D eigenvalue weighted by Gasteiger charge is -2.14. The van der Waals surface area contributed by atoms with Gasteiger partial charge in [0.1, 0.15) is 5.58 Å². The average Bonchev–Trinajstić information content (AvgIpc) is 2.77. The molecule has 1 aromatic carbocycles. The maximum absolute atomic E-state index is 5.86. The number of furan rings is 1. The molecule has 0 amide bonds. The van der Waals surface area contributed by atoms with Crippen molar-refractivity contribution in [3.05, 3.63) is 41.7 Å². The minimum Gasteiger partial charge on any atom is -0.454 e. The molecule has 0 N–H and O–H groups in total. The number of fused-ring (bicyclic) bond motifs is 5. The molecule has 0 aliphatic heterocycles. The third-order valence-electron chi connectivity index (χ3n) is 3.70. The first-order valence-corrected chi connectivity index (χ1v) is 6.21. The summed E-state index contributed by atoms with van der Waals surface area (Å²) in [5, 5.41) is 2.54. The Morgan fingerprint density at radius 2 is 1.88 bits per heavy atom. The van der Waals surface area contributed by atoms with E-state index >= 15 is 0 Å². The zero-order valence-corrected chi connectivity index (χ0v) is 9.57. The molecule has 0 bridgehead atoms. The van der Waals surface area contributed by atoms with Crippen molar-refractivity contribution in [3.8, 4) is 0 Å². The second kappa shape index (κ2) is 3.33. The number of nitrogens with zero attached hydrogens (tertiary/aromatic N) is 1. The van der Waals surface area contributed by atoms with Crippen LogP contribution in [0.5, 0.6) is 0 Å². The highest BCUT2D eigenvalue weighted by Crippen LogP contribution is 2.34. The van der Waals surface area contributed by atoms with Crippen LogP contribution in [0.1, 0.15) is 24.1 Å². The minimum atomic E-state index is 0.937. The van der Waals surface area contributed by atoms with Crippen LogP contribution in [0.2, 0.25) is 0 Å². The molecule has 0 spiro atoms. The van der Waals surface area contributed by atoms with E-state index in [0.717, 1.165) is 24.0 Å². The SMILES string of the molecule is c1ccc2c(c1)oc1cnc3c(c12)CCCC3. The van der Waals surface area contributed by atoms with Gasteiger partial charge in [-0.05, 0) is 37.3 Å². The van der Waals surface area contributed by atoms with Gasteiger partial charge < -0.3 is 4.42 Å². The van der Waals surface area contributed by atoms with Crippen LogP contribution < -0.4 is 0 Å². The maximum Gasteiger partial charge on any atom is 0.153 e. The maximum atomic E-state index is 5.86. The van der Waals surface area contributed by atoms with Crippen molar-refractivity contribution in [1.82, 2.24) is 4.98 Å². The van der Waals surface area contributed by atoms with Crippen molar-refractivity contribution in [2.24, 2.45) is 0 Å². The number of hydrogen-bond donors (Lipinski definition) is 0. The quantitative estimate of drug-likeness (QED) is 0.578. The summed E-state index contributed by atoms with van der Waals surface area (Å²) in [6, 6.07) is 8.28. The van der Waals surface area contributed by atoms with Crippen molar-refractivity contribution in [2.75, 3.05) is 0 Å². The van der Waals surface area contributed by atoms with E-state index in [0.29, 0.717) is 0 Å². The number of aromatic nitrogens is 1. The molecular weight excluding hydrogens is 210 g/mol. The molecular formula is C15H13NO. The summed E-state index contributed by atoms with van der Waals surface area (Å²) >= 11 is 0. The van der Waals surface area contributed by atoms with Gasteiger partial charge in [0, 0.05) is 16.5 Å². The Morgan fingerprint density at radius 1 is 1.00 bits per heavy atom. The smallest absolute Gasteiger partial charge is 0.153 e. The van der Waals surface area contributed by atoms with Gasteiger partial charge in [-0.1, -0.05) is 18.2 Å². The third-order valence-corrected chi connectivity index (χ3v) is 3.70. The van der Waals surface area contributed by atoms with Crippen molar-refractivity contribution in [3.63, 3.8) is 0 Å². The van der Waals surface area contributed by atoms with Gasteiger partial charge in [0.15, 0.2) is 5.58 Å². The van der Waals surface area contributed by atoms with Gasteiger partial charge in [0.25, 0.3) is 0 Å². The van der Waals surface area contributed by atoms with Crippen LogP contribution in [0.15, 0.2) is 34.9 Å². The standard InChI is InChI=1S/C15H13NO/c1-3-7-12-10(5-1)15-11-6-2-4-8-13(11)17-14(15)9-16-12/h2,4,6,8-9H,1,3,5,7H2. The molecule has 1 aliphatic carbocycles. The Labute approximate surface area is 99.3 Å². The van der Waals surface area contributed by atoms with E-state index in [1.807, 2.05) is 18.3 Å². The summed E-state index contributed by atoms with van der Waals surface area (Å²) in [6.45, 7) is 0. The molecule has 0 radical (unpaired) electrons. The Bertz CT molecular complexity index is 711. The topological polar surface area (TPSA) is 26.0 Å². The highest BCUT2D eigenvalue weighted by atomic mass is 16.3. The monoisotopic (exact) mass is 223 g/mol. The highest BCUT2D eigenvalue weighted by Gasteiger charge is 2.17. The summed E-state index contributed by atoms with van der Waals surface area (Å²) in [5.41, 5.74) is 4.60. The Balaban J connectivity index is 2.20. The van der Waals surface area contributed by atoms with Gasteiger partial charge in [-0.25, -0.2) is 0 Å². The summed E-state index contributed by atoms with van der Waals surface area (Å²) in [4.78, 5) is 4.55. The molecule has 2 heteroatoms. The van der Waals surface area contributed by atoms with E-state index in [4.69, 9.17) is 4.42 Å². The zero-order chi connectivity index (χ0) is 11.2. The van der Waals surface area contributed by atoms with E-state index in [1.165, 1.54) is 34.9 Å². The van der Waals surface area contributed by atoms with E-state index in [1.54, 1.807) is 0 Å². The molecule has 2 nitrogen and oxygen atoms in total. The Hall–Kier alpha value is -1.83. The molecule has 1 aliphatic rings. The van der Waals surface area contributed by atoms with Crippen molar-refractivity contribution < 1.29 is 4.42 Å². The van der Waals surface area contributed by atoms with Crippen LogP contribution in [0.3, 0.4) is 0 Å². The minimum absolute atomic E-state index is 0.937. The third kappa shape index (κ3) is 1.24. The van der Waals surface area contributed by atoms with E-state index < -0.39 is 0 Å². The zero-order valence-electron chi connectivity index (χ0n) is 9.57. The molecule has 2 aromatic heterocycles. The molecule has 17 heavy (non-hydrogen) atoms. The molecule has 0 unspecified atom stereocenters. The predicted octanol–water partition coefficient (Wildman–Crippen LogP) is 3.86. The fourth-order valence-corrected chi connectivity index (χ4v) is 2.90. The van der Waals surface area contributed by atoms with Crippen LogP contribution in [0, 0.1) is 0 Å². The van der Waals surface area contributed by atoms with Crippen LogP contribution in [0.25, 0.3) is 21.9 Å². The Morgan fingerprint density at radius 3 is 2.88 bits per heavy atom. The number of aryl methyl sites for hydroxylation is 2. The molecule has 4 rings (SSSR count). The Kier molecular flexibility index (Phi) is 1.81. The summed E-state index contributed by atoms with van der Waals surface area (Å²) < 4.78 is 5.86. The highest BCUT2D eigenvalue weighted by molar-refractivity contribution is 6.06. The van der Waals surface area contributed by atoms with Gasteiger partial charge in [0.05, 0.1) is 6.20 Å². The molecule has 0 saturated heterocycles. The predicted molar refractivity (Wildman–Crippen MR) is 68.2 cm³/mol. The first kappa shape index (κ1) is 9.23. The van der Waals surface area contributed by atoms with Gasteiger partial charge in [-0.15, -0.1) is 0 Å². The summed E-state index contributed by atoms with van der Waals surface area (Å²) in [5.74, 6) is 0. The molecule has 2 heterocycles. The van der Waals surface area contributed by atoms with E-state index in [2.05, 4.69) is 17.1 Å². The molecule has 3 aromatic rings. The van der Waals surface area contributed by atoms with E-state index in [-0.39, 0.29) is 0 Å². The fraction of sp³-hybridized carbons (Fsp3) is 0.267. The summed E-state index contributed by atoms with van der Waals surface area (Å²) in [7, 11) is 0. The number of para-hydroxylation sites is 1. The summed E-state index contributed by atoms with van der Waals surface area (Å²) in [6.07, 6.45) is 6.68. The lowest BCUT2D eigenvalue weighted by atomic mass is 9.92. The number of pyridine rings is 1. The normalized spacial score (nSPS) is 15.3. The van der Waals surface area contributed by atoms with E-state index in [9.17, 15) is 0 Å². The van der Waals surface area contributed by atoms with Crippen molar-refractivity contribution in [2.45, 2.75) is 25.7 Å². The molecule has 84 valence electrons. The number of benzene rings is 1. The van der Waals surface area contributed by atoms with Crippen molar-refractivity contribution >= 4 is 21.9 Å². The van der Waals surface area contributed by atoms with Gasteiger partial charge in [-0.3, -0.25) is 4.98 Å². The fourth-order valence-electron chi connectivity index (χ4n) is 2.90. The van der Waals surface area contributed by atoms with Crippen LogP contribution >= 0.6 is 0 Å². The molecule has 0 saturated carbocycles. The average molecular weight is 223 g/mol. The second-order valence-corrected chi connectivity index (χ2v) is 4.73. The van der Waals surface area contributed by atoms with Crippen molar-refractivity contribution in [1.29, 1.82) is 0 Å². The molecule has 0 atom stereocenters. The first-order valence-electron chi connectivity index (χ1n) is 6.21. The van der Waals surface area contributed by atoms with Crippen LogP contribution in [-0.4, -0.2) is 4.98 Å². The second-order valence-electron chi connectivity index (χ2n) is 4.73. The largest absolute Gasteiger partial charge is 0.454 e. The van der Waals surface area contributed by atoms with Crippen LogP contribution in [-0.2, 0) is 12.8 Å². The van der Waals surface area contributed by atoms with Gasteiger partial charge in [0.2, 0.25) is 0 Å². The van der Waals surface area contributed by atoms with Gasteiger partial charge >= 0.3 is 0 Å². The van der Waals surface area contributed by atoms with Gasteiger partial charge in [-0.2, -0.15) is 0 Å². The first-order chi connectivity index (χ1) is 8.43. The number of hydrogen-bond acceptors (Lipinski definition) is 2. The molecule has 0 fully saturated rings. The lowest BCUT2D eigenvalue weighted by Crippen LogP contribution is -2.05. The van der Waals surface area contributed by atoms with Crippen LogP contribution in [0.4, 0.5) is 0 Å². The lowest BCUT2D eigenvalue weighted by molar-refractivity contribution is 0.652.